The highest BCUT2D eigenvalue weighted by Crippen LogP contribution is 2.66. The quantitative estimate of drug-likeness (QED) is 0.0451. The predicted molar refractivity (Wildman–Crippen MR) is 246 cm³/mol. The first-order chi connectivity index (χ1) is 36.1. The van der Waals surface area contributed by atoms with Crippen LogP contribution in [0.3, 0.4) is 0 Å². The summed E-state index contributed by atoms with van der Waals surface area (Å²) in [4.78, 5) is 110. The van der Waals surface area contributed by atoms with Gasteiger partial charge in [-0.2, -0.15) is 8.62 Å². The predicted octanol–water partition coefficient (Wildman–Crippen LogP) is -6.40. The molecule has 3 saturated heterocycles. The molecule has 3 aliphatic heterocycles. The van der Waals surface area contributed by atoms with E-state index in [0.29, 0.717) is 16.7 Å². The van der Waals surface area contributed by atoms with Crippen LogP contribution in [0.25, 0.3) is 33.5 Å². The first-order valence-corrected chi connectivity index (χ1v) is 28.4. The van der Waals surface area contributed by atoms with Gasteiger partial charge in [-0.1, -0.05) is 0 Å². The summed E-state index contributed by atoms with van der Waals surface area (Å²) in [6, 6.07) is 0. The van der Waals surface area contributed by atoms with Crippen molar-refractivity contribution in [2.75, 3.05) is 37.0 Å². The largest absolute Gasteiger partial charge is 0.490 e. The van der Waals surface area contributed by atoms with Gasteiger partial charge < -0.3 is 111 Å². The molecule has 9 rings (SSSR count). The van der Waals surface area contributed by atoms with Crippen LogP contribution in [0.4, 0.5) is 17.5 Å². The average Bonchev–Trinajstić information content (AvgIpc) is 4.26. The lowest BCUT2D eigenvalue weighted by Gasteiger charge is -2.19. The smallest absolute Gasteiger partial charge is 0.394 e. The number of anilines is 3. The summed E-state index contributed by atoms with van der Waals surface area (Å²) in [6.45, 7) is -1.94. The lowest BCUT2D eigenvalue weighted by Crippen LogP contribution is -2.33. The second-order valence-electron chi connectivity index (χ2n) is 15.8. The van der Waals surface area contributed by atoms with Gasteiger partial charge in [0, 0.05) is 0 Å². The summed E-state index contributed by atoms with van der Waals surface area (Å²) in [5, 5.41) is 69.2. The van der Waals surface area contributed by atoms with Crippen molar-refractivity contribution >= 4 is 90.1 Å². The maximum absolute atomic E-state index is 11.8. The van der Waals surface area contributed by atoms with E-state index in [0.717, 1.165) is 6.33 Å². The minimum Gasteiger partial charge on any atom is -0.394 e. The molecule has 22 N–H and O–H groups in total. The minimum absolute atomic E-state index is 0.0426. The number of nitrogens with two attached hydrogens (primary N) is 3. The minimum atomic E-state index is -5.70. The average molecular weight is 1220 g/mol. The third-order valence-corrected chi connectivity index (χ3v) is 14.7. The Morgan fingerprint density at radius 1 is 0.449 bits per heavy atom. The van der Waals surface area contributed by atoms with E-state index in [1.807, 2.05) is 0 Å². The Bertz CT molecular complexity index is 3280. The Kier molecular flexibility index (Phi) is 19.7. The normalized spacial score (nSPS) is 28.1. The van der Waals surface area contributed by atoms with Gasteiger partial charge in [0.15, 0.2) is 53.1 Å². The third-order valence-electron chi connectivity index (χ3n) is 10.4. The lowest BCUT2D eigenvalue weighted by molar-refractivity contribution is -0.0511. The third kappa shape index (κ3) is 15.6. The van der Waals surface area contributed by atoms with Crippen molar-refractivity contribution in [3.05, 3.63) is 38.0 Å². The molecule has 48 heteroatoms. The molecule has 3 aliphatic rings. The standard InChI is InChI=1S/C10H16N5O13P3.C10H14N5O7P.C10H13N5O4.H3O4P/c11-8-5-9(13-2-12-8)15(3-14-5)10-7(17)6(16)4(26-10)1-25-30(21,22)28-31(23,24)27-29(18,19)20;11-8-5-9(13-2-12-8)15(3-14-5)10-7(17)6(16)4(22-10)1-21-23(18,19)20;11-8-5-9(13-2-12-8)15(3-14-5)10-7(18)6(17)4(1-16)19-10;1-5(2,3)4/h2-4,6-7,10,16-17H,1H2,(H,21,22)(H,23,24)(H2,11,12,13)(H2,18,19,20);2-4,6-7,10,16-17H,1H2,(H2,11,12,13)(H2,18,19,20);2-4,6-7,10,16-18H,1H2,(H2,11,12,13);(H3,1,2,3,4)/t3*4-,6-,7-,10-;/m111./s1. The molecule has 2 unspecified atom stereocenters. The number of phosphoric ester groups is 2. The van der Waals surface area contributed by atoms with Gasteiger partial charge in [-0.25, -0.2) is 67.7 Å². The number of hydrogen-bond donors (Lipinski definition) is 19. The fourth-order valence-electron chi connectivity index (χ4n) is 7.11. The summed E-state index contributed by atoms with van der Waals surface area (Å²) in [7, 11) is -26.0. The van der Waals surface area contributed by atoms with Crippen LogP contribution < -0.4 is 17.2 Å². The Morgan fingerprint density at radius 2 is 0.769 bits per heavy atom. The molecule has 0 saturated carbocycles. The molecule has 14 atom stereocenters. The number of nitrogens with zero attached hydrogens (tertiary/aromatic N) is 12. The molecule has 0 aliphatic carbocycles. The molecule has 78 heavy (non-hydrogen) atoms. The summed E-state index contributed by atoms with van der Waals surface area (Å²) in [6.07, 6.45) is -7.60. The van der Waals surface area contributed by atoms with Gasteiger partial charge in [0.2, 0.25) is 0 Å². The van der Waals surface area contributed by atoms with Crippen LogP contribution in [-0.2, 0) is 54.7 Å². The van der Waals surface area contributed by atoms with E-state index in [4.69, 9.17) is 80.2 Å². The van der Waals surface area contributed by atoms with Crippen molar-refractivity contribution in [1.29, 1.82) is 0 Å². The highest BCUT2D eigenvalue weighted by molar-refractivity contribution is 7.66. The first kappa shape index (κ1) is 62.5. The molecular formula is C30H46N15O28P5. The van der Waals surface area contributed by atoms with E-state index >= 15 is 0 Å². The summed E-state index contributed by atoms with van der Waals surface area (Å²) in [5.41, 5.74) is 18.7. The van der Waals surface area contributed by atoms with Crippen molar-refractivity contribution in [2.24, 2.45) is 0 Å². The summed E-state index contributed by atoms with van der Waals surface area (Å²) in [5.74, 6) is 0.402. The number of phosphoric acid groups is 5. The van der Waals surface area contributed by atoms with E-state index in [9.17, 15) is 53.8 Å². The topological polar surface area (TPSA) is 683 Å². The van der Waals surface area contributed by atoms with Gasteiger partial charge >= 0.3 is 39.1 Å². The molecular weight excluding hydrogens is 1170 g/mol. The van der Waals surface area contributed by atoms with Crippen molar-refractivity contribution in [3.63, 3.8) is 0 Å². The van der Waals surface area contributed by atoms with Crippen LogP contribution in [0.5, 0.6) is 0 Å². The number of aliphatic hydroxyl groups is 7. The monoisotopic (exact) mass is 1220 g/mol. The first-order valence-electron chi connectivity index (χ1n) is 20.8. The van der Waals surface area contributed by atoms with Crippen LogP contribution in [0.15, 0.2) is 38.0 Å². The van der Waals surface area contributed by atoms with Crippen LogP contribution >= 0.6 is 39.1 Å². The number of fused-ring (bicyclic) bond motifs is 3. The maximum atomic E-state index is 11.8. The molecule has 0 radical (unpaired) electrons. The second-order valence-corrected chi connectivity index (χ2v) is 22.4. The van der Waals surface area contributed by atoms with Gasteiger partial charge in [0.1, 0.15) is 90.5 Å². The Hall–Kier alpha value is -4.72. The van der Waals surface area contributed by atoms with E-state index < -0.39 is 133 Å². The molecule has 0 aromatic carbocycles. The molecule has 0 amide bonds. The summed E-state index contributed by atoms with van der Waals surface area (Å²) < 4.78 is 89.4. The van der Waals surface area contributed by atoms with Crippen molar-refractivity contribution in [1.82, 2.24) is 58.6 Å². The molecule has 0 bridgehead atoms. The van der Waals surface area contributed by atoms with Crippen LogP contribution in [0.2, 0.25) is 0 Å². The van der Waals surface area contributed by atoms with Crippen molar-refractivity contribution < 1.29 is 134 Å². The van der Waals surface area contributed by atoms with E-state index in [-0.39, 0.29) is 34.3 Å². The molecule has 9 heterocycles. The molecule has 434 valence electrons. The number of ether oxygens (including phenoxy) is 3. The SMILES string of the molecule is Nc1ncnc2c1ncn2[C@@H]1O[C@H](CO)[C@@H](O)[C@H]1O.Nc1ncnc2c1ncn2[C@@H]1O[C@H](COP(=O)(O)O)[C@@H](O)[C@H]1O.Nc1ncnc2c1ncn2[C@@H]1O[C@H](COP(=O)(O)OP(=O)(O)OP(=O)(O)O)[C@@H](O)[C@H]1O.O=P(O)(O)O. The number of aliphatic hydroxyl groups excluding tert-OH is 7. The molecule has 0 spiro atoms. The number of rotatable bonds is 14. The highest BCUT2D eigenvalue weighted by Gasteiger charge is 2.48. The zero-order valence-electron chi connectivity index (χ0n) is 38.4. The Balaban J connectivity index is 0.000000186. The van der Waals surface area contributed by atoms with Gasteiger partial charge in [0.25, 0.3) is 0 Å². The number of aromatic nitrogens is 12. The second kappa shape index (κ2) is 24.6. The fourth-order valence-corrected chi connectivity index (χ4v) is 10.5. The Labute approximate surface area is 431 Å². The molecule has 6 aromatic heterocycles. The lowest BCUT2D eigenvalue weighted by atomic mass is 10.1. The molecule has 43 nitrogen and oxygen atoms in total. The van der Waals surface area contributed by atoms with Crippen molar-refractivity contribution in [2.45, 2.75) is 73.6 Å². The Morgan fingerprint density at radius 3 is 1.08 bits per heavy atom. The van der Waals surface area contributed by atoms with E-state index in [1.54, 1.807) is 0 Å². The number of imidazole rings is 3. The molecule has 6 aromatic rings. The number of nitrogen functional groups attached to an aromatic ring is 3. The van der Waals surface area contributed by atoms with Gasteiger partial charge in [-0.3, -0.25) is 22.7 Å². The van der Waals surface area contributed by atoms with Gasteiger partial charge in [-0.15, -0.1) is 0 Å². The zero-order chi connectivity index (χ0) is 58.0. The van der Waals surface area contributed by atoms with Crippen LogP contribution in [0, 0.1) is 0 Å². The number of hydrogen-bond acceptors (Lipinski definition) is 31. The van der Waals surface area contributed by atoms with E-state index in [1.165, 1.54) is 45.3 Å². The van der Waals surface area contributed by atoms with Crippen LogP contribution in [0.1, 0.15) is 18.7 Å². The maximum Gasteiger partial charge on any atom is 0.490 e. The van der Waals surface area contributed by atoms with Crippen molar-refractivity contribution in [3.8, 4) is 0 Å². The summed E-state index contributed by atoms with van der Waals surface area (Å²) >= 11 is 0. The van der Waals surface area contributed by atoms with Crippen LogP contribution in [-0.4, -0.2) is 213 Å². The molecule has 3 fully saturated rings. The van der Waals surface area contributed by atoms with E-state index in [2.05, 4.69) is 62.5 Å². The highest BCUT2D eigenvalue weighted by atomic mass is 31.3. The fraction of sp³-hybridized carbons (Fsp3) is 0.500. The van der Waals surface area contributed by atoms with Gasteiger partial charge in [-0.05, 0) is 0 Å². The zero-order valence-corrected chi connectivity index (χ0v) is 42.9. The van der Waals surface area contributed by atoms with Gasteiger partial charge in [0.05, 0.1) is 38.8 Å².